The molecule has 0 radical (unpaired) electrons. The van der Waals surface area contributed by atoms with Gasteiger partial charge in [0.15, 0.2) is 0 Å². The molecule has 0 spiro atoms. The lowest BCUT2D eigenvalue weighted by Gasteiger charge is -2.32. The third-order valence-corrected chi connectivity index (χ3v) is 7.70. The van der Waals surface area contributed by atoms with E-state index in [0.29, 0.717) is 18.8 Å². The van der Waals surface area contributed by atoms with Crippen molar-refractivity contribution in [2.45, 2.75) is 18.2 Å². The molecule has 3 aromatic carbocycles. The van der Waals surface area contributed by atoms with Gasteiger partial charge in [-0.25, -0.2) is 9.97 Å². The molecule has 5 aromatic rings. The van der Waals surface area contributed by atoms with E-state index in [1.165, 1.54) is 0 Å². The van der Waals surface area contributed by atoms with Gasteiger partial charge in [0, 0.05) is 18.0 Å². The van der Waals surface area contributed by atoms with Crippen LogP contribution in [0.4, 0.5) is 5.82 Å². The van der Waals surface area contributed by atoms with E-state index in [1.807, 2.05) is 60.1 Å². The van der Waals surface area contributed by atoms with E-state index in [9.17, 15) is 5.26 Å². The molecule has 8 heteroatoms. The summed E-state index contributed by atoms with van der Waals surface area (Å²) in [5.74, 6) is 1.51. The quantitative estimate of drug-likeness (QED) is 0.366. The van der Waals surface area contributed by atoms with Crippen molar-refractivity contribution in [2.75, 3.05) is 18.5 Å². The molecule has 0 saturated carbocycles. The van der Waals surface area contributed by atoms with E-state index in [4.69, 9.17) is 20.2 Å². The number of pyridine rings is 1. The number of fused-ring (bicyclic) bond motifs is 6. The van der Waals surface area contributed by atoms with Crippen molar-refractivity contribution < 1.29 is 9.47 Å². The average Bonchev–Trinajstić information content (AvgIpc) is 3.38. The largest absolute Gasteiger partial charge is 0.489 e. The van der Waals surface area contributed by atoms with Gasteiger partial charge in [-0.2, -0.15) is 5.26 Å². The van der Waals surface area contributed by atoms with Gasteiger partial charge < -0.3 is 25.1 Å². The zero-order valence-corrected chi connectivity index (χ0v) is 21.4. The monoisotopic (exact) mass is 514 g/mol. The Balaban J connectivity index is 1.53. The van der Waals surface area contributed by atoms with Crippen LogP contribution in [0.15, 0.2) is 79.3 Å². The second-order valence-electron chi connectivity index (χ2n) is 10.2. The Labute approximate surface area is 225 Å². The lowest BCUT2D eigenvalue weighted by molar-refractivity contribution is 0.0209. The van der Waals surface area contributed by atoms with Gasteiger partial charge in [-0.05, 0) is 64.7 Å². The number of nitriles is 1. The van der Waals surface area contributed by atoms with Crippen molar-refractivity contribution in [3.05, 3.63) is 107 Å². The smallest absolute Gasteiger partial charge is 0.127 e. The van der Waals surface area contributed by atoms with Gasteiger partial charge in [-0.1, -0.05) is 24.3 Å². The van der Waals surface area contributed by atoms with Gasteiger partial charge in [0.1, 0.15) is 23.7 Å². The summed E-state index contributed by atoms with van der Waals surface area (Å²) in [5, 5.41) is 14.3. The fourth-order valence-corrected chi connectivity index (χ4v) is 5.49. The summed E-state index contributed by atoms with van der Waals surface area (Å²) in [4.78, 5) is 9.33. The fraction of sp³-hybridized carbons (Fsp3) is 0.194. The first-order valence-electron chi connectivity index (χ1n) is 12.8. The Kier molecular flexibility index (Phi) is 5.37. The molecule has 1 saturated heterocycles. The highest BCUT2D eigenvalue weighted by Crippen LogP contribution is 2.40. The number of nitrogens with one attached hydrogen (secondary N) is 1. The second kappa shape index (κ2) is 8.95. The first-order valence-corrected chi connectivity index (χ1v) is 12.8. The van der Waals surface area contributed by atoms with Crippen LogP contribution in [0.1, 0.15) is 27.9 Å². The molecule has 39 heavy (non-hydrogen) atoms. The van der Waals surface area contributed by atoms with Crippen LogP contribution in [0.25, 0.3) is 22.0 Å². The standard InChI is InChI=1S/C31H26N6O2/c1-37-18-34-14-29(37)31(33)22-6-5-20(13-32)21(9-22)15-39-25-4-2-3-19(10-25)26-12-30(35-24-16-38-17-24)36-28-8-7-23(31)11-27(26)28/h2-12,14,18,24H,15-17,33H2,1H3,(H,35,36). The Morgan fingerprint density at radius 3 is 2.69 bits per heavy atom. The number of benzene rings is 3. The summed E-state index contributed by atoms with van der Waals surface area (Å²) in [5.41, 5.74) is 13.1. The Morgan fingerprint density at radius 2 is 1.92 bits per heavy atom. The Hall–Kier alpha value is -4.71. The number of nitrogens with zero attached hydrogens (tertiary/aromatic N) is 4. The van der Waals surface area contributed by atoms with E-state index < -0.39 is 5.54 Å². The average molecular weight is 515 g/mol. The van der Waals surface area contributed by atoms with Gasteiger partial charge >= 0.3 is 0 Å². The van der Waals surface area contributed by atoms with Gasteiger partial charge in [0.05, 0.1) is 54.6 Å². The maximum atomic E-state index is 9.84. The van der Waals surface area contributed by atoms with E-state index in [1.54, 1.807) is 12.5 Å². The molecule has 2 aliphatic rings. The van der Waals surface area contributed by atoms with Crippen molar-refractivity contribution >= 4 is 16.7 Å². The molecule has 1 atom stereocenters. The van der Waals surface area contributed by atoms with Crippen LogP contribution < -0.4 is 15.8 Å². The maximum absolute atomic E-state index is 9.84. The van der Waals surface area contributed by atoms with Crippen LogP contribution in [0.2, 0.25) is 0 Å². The molecule has 0 amide bonds. The van der Waals surface area contributed by atoms with Crippen LogP contribution in [0.3, 0.4) is 0 Å². The van der Waals surface area contributed by atoms with Gasteiger partial charge in [0.2, 0.25) is 0 Å². The zero-order chi connectivity index (χ0) is 26.6. The maximum Gasteiger partial charge on any atom is 0.127 e. The summed E-state index contributed by atoms with van der Waals surface area (Å²) in [6, 6.07) is 24.6. The number of nitrogens with two attached hydrogens (primary N) is 1. The highest BCUT2D eigenvalue weighted by molar-refractivity contribution is 5.97. The number of imidazole rings is 1. The number of anilines is 1. The summed E-state index contributed by atoms with van der Waals surface area (Å²) in [6.07, 6.45) is 3.55. The van der Waals surface area contributed by atoms with Crippen molar-refractivity contribution in [3.63, 3.8) is 0 Å². The topological polar surface area (TPSA) is 111 Å². The first-order chi connectivity index (χ1) is 19.0. The number of rotatable bonds is 3. The molecule has 0 aliphatic carbocycles. The van der Waals surface area contributed by atoms with Gasteiger partial charge in [-0.15, -0.1) is 0 Å². The normalized spacial score (nSPS) is 18.3. The molecule has 1 unspecified atom stereocenters. The fourth-order valence-electron chi connectivity index (χ4n) is 5.49. The van der Waals surface area contributed by atoms with Crippen molar-refractivity contribution in [3.8, 4) is 22.9 Å². The van der Waals surface area contributed by atoms with Crippen molar-refractivity contribution in [1.29, 1.82) is 5.26 Å². The van der Waals surface area contributed by atoms with Crippen molar-refractivity contribution in [2.24, 2.45) is 12.8 Å². The second-order valence-corrected chi connectivity index (χ2v) is 10.2. The Morgan fingerprint density at radius 1 is 1.08 bits per heavy atom. The summed E-state index contributed by atoms with van der Waals surface area (Å²) in [6.45, 7) is 1.57. The third-order valence-electron chi connectivity index (χ3n) is 7.70. The van der Waals surface area contributed by atoms with Crippen LogP contribution in [0.5, 0.6) is 5.75 Å². The highest BCUT2D eigenvalue weighted by atomic mass is 16.5. The van der Waals surface area contributed by atoms with Crippen LogP contribution in [-0.2, 0) is 23.9 Å². The molecule has 2 aromatic heterocycles. The molecule has 6 bridgehead atoms. The van der Waals surface area contributed by atoms with E-state index in [0.717, 1.165) is 56.0 Å². The number of aromatic nitrogens is 3. The molecule has 1 fully saturated rings. The van der Waals surface area contributed by atoms with Crippen LogP contribution in [-0.4, -0.2) is 33.8 Å². The molecule has 3 N–H and O–H groups in total. The minimum Gasteiger partial charge on any atom is -0.489 e. The predicted molar refractivity (Wildman–Crippen MR) is 148 cm³/mol. The zero-order valence-electron chi connectivity index (χ0n) is 21.4. The van der Waals surface area contributed by atoms with Gasteiger partial charge in [-0.3, -0.25) is 0 Å². The molecular formula is C31H26N6O2. The number of aryl methyl sites for hydroxylation is 1. The van der Waals surface area contributed by atoms with E-state index >= 15 is 0 Å². The molecular weight excluding hydrogens is 488 g/mol. The minimum atomic E-state index is -1.05. The lowest BCUT2D eigenvalue weighted by atomic mass is 9.79. The Bertz CT molecular complexity index is 1780. The van der Waals surface area contributed by atoms with Gasteiger partial charge in [0.25, 0.3) is 0 Å². The molecule has 7 rings (SSSR count). The minimum absolute atomic E-state index is 0.236. The van der Waals surface area contributed by atoms with Crippen molar-refractivity contribution in [1.82, 2.24) is 14.5 Å². The van der Waals surface area contributed by atoms with E-state index in [-0.39, 0.29) is 12.6 Å². The predicted octanol–water partition coefficient (Wildman–Crippen LogP) is 4.46. The third kappa shape index (κ3) is 3.83. The summed E-state index contributed by atoms with van der Waals surface area (Å²) >= 11 is 0. The lowest BCUT2D eigenvalue weighted by Crippen LogP contribution is -2.41. The summed E-state index contributed by atoms with van der Waals surface area (Å²) in [7, 11) is 1.94. The molecule has 192 valence electrons. The molecule has 4 heterocycles. The highest BCUT2D eigenvalue weighted by Gasteiger charge is 2.36. The van der Waals surface area contributed by atoms with E-state index in [2.05, 4.69) is 34.6 Å². The first kappa shape index (κ1) is 23.4. The van der Waals surface area contributed by atoms with Crippen LogP contribution >= 0.6 is 0 Å². The molecule has 8 nitrogen and oxygen atoms in total. The number of hydrogen-bond acceptors (Lipinski definition) is 7. The molecule has 2 aliphatic heterocycles. The van der Waals surface area contributed by atoms with Crippen LogP contribution in [0, 0.1) is 11.3 Å². The number of ether oxygens (including phenoxy) is 2. The number of hydrogen-bond donors (Lipinski definition) is 2. The SMILES string of the molecule is Cn1cncc1C1(N)c2ccc(C#N)c(c2)COc2cccc(c2)-c2cc(NC3COC3)nc3ccc1cc23. The summed E-state index contributed by atoms with van der Waals surface area (Å²) < 4.78 is 13.5.